The van der Waals surface area contributed by atoms with E-state index in [0.717, 1.165) is 0 Å². The first kappa shape index (κ1) is 14.9. The van der Waals surface area contributed by atoms with E-state index < -0.39 is 12.6 Å². The first-order valence-electron chi connectivity index (χ1n) is 7.01. The van der Waals surface area contributed by atoms with Crippen LogP contribution in [0.25, 0.3) is 0 Å². The van der Waals surface area contributed by atoms with Gasteiger partial charge in [-0.05, 0) is 18.2 Å². The number of nitrogens with zero attached hydrogens (tertiary/aromatic N) is 2. The lowest BCUT2D eigenvalue weighted by Crippen LogP contribution is -2.31. The van der Waals surface area contributed by atoms with Gasteiger partial charge in [0.2, 0.25) is 0 Å². The molecule has 1 aliphatic heterocycles. The van der Waals surface area contributed by atoms with Crippen LogP contribution in [0.4, 0.5) is 5.69 Å². The van der Waals surface area contributed by atoms with Gasteiger partial charge in [-0.2, -0.15) is 0 Å². The predicted molar refractivity (Wildman–Crippen MR) is 84.9 cm³/mol. The smallest absolute Gasteiger partial charge is 0.279 e. The molecule has 23 heavy (non-hydrogen) atoms. The van der Waals surface area contributed by atoms with Gasteiger partial charge in [-0.15, -0.1) is 0 Å². The van der Waals surface area contributed by atoms with Crippen molar-refractivity contribution in [3.8, 4) is 5.75 Å². The standard InChI is InChI=1S/C17H14N2O4/c20-10-19-13-7-3-1-5-11(13)16(17(19)23)18-9-15(22)12-6-2-4-8-14(12)21/h1-8,20-21H,9-10H2. The Bertz CT molecular complexity index is 814. The largest absolute Gasteiger partial charge is 0.507 e. The summed E-state index contributed by atoms with van der Waals surface area (Å²) >= 11 is 0. The molecule has 1 amide bonds. The van der Waals surface area contributed by atoms with Gasteiger partial charge in [0.25, 0.3) is 5.91 Å². The third kappa shape index (κ3) is 2.60. The minimum absolute atomic E-state index is 0.118. The Morgan fingerprint density at radius 1 is 1.09 bits per heavy atom. The van der Waals surface area contributed by atoms with E-state index in [4.69, 9.17) is 0 Å². The fourth-order valence-corrected chi connectivity index (χ4v) is 2.50. The van der Waals surface area contributed by atoms with Gasteiger partial charge in [0.1, 0.15) is 24.7 Å². The quantitative estimate of drug-likeness (QED) is 0.834. The monoisotopic (exact) mass is 310 g/mol. The van der Waals surface area contributed by atoms with E-state index in [-0.39, 0.29) is 29.4 Å². The molecule has 6 nitrogen and oxygen atoms in total. The highest BCUT2D eigenvalue weighted by Gasteiger charge is 2.33. The molecule has 0 saturated heterocycles. The summed E-state index contributed by atoms with van der Waals surface area (Å²) < 4.78 is 0. The van der Waals surface area contributed by atoms with Gasteiger partial charge in [-0.25, -0.2) is 0 Å². The van der Waals surface area contributed by atoms with Crippen LogP contribution in [0.3, 0.4) is 0 Å². The first-order chi connectivity index (χ1) is 11.1. The van der Waals surface area contributed by atoms with Crippen molar-refractivity contribution in [3.63, 3.8) is 0 Å². The summed E-state index contributed by atoms with van der Waals surface area (Å²) in [6.07, 6.45) is 0. The Morgan fingerprint density at radius 3 is 2.52 bits per heavy atom. The van der Waals surface area contributed by atoms with Crippen molar-refractivity contribution in [3.05, 3.63) is 59.7 Å². The molecule has 0 unspecified atom stereocenters. The Labute approximate surface area is 132 Å². The summed E-state index contributed by atoms with van der Waals surface area (Å²) in [7, 11) is 0. The molecule has 2 aromatic carbocycles. The topological polar surface area (TPSA) is 90.2 Å². The molecule has 0 atom stereocenters. The molecule has 2 aromatic rings. The van der Waals surface area contributed by atoms with Gasteiger partial charge in [-0.3, -0.25) is 19.5 Å². The SMILES string of the molecule is O=C(CN=C1C(=O)N(CO)c2ccccc21)c1ccccc1O. The highest BCUT2D eigenvalue weighted by molar-refractivity contribution is 6.54. The van der Waals surface area contributed by atoms with E-state index in [0.29, 0.717) is 11.3 Å². The number of amides is 1. The molecule has 0 spiro atoms. The maximum absolute atomic E-state index is 12.3. The number of carbonyl (C=O) groups excluding carboxylic acids is 2. The molecule has 116 valence electrons. The number of fused-ring (bicyclic) bond motifs is 1. The minimum atomic E-state index is -0.456. The summed E-state index contributed by atoms with van der Waals surface area (Å²) in [5.41, 5.74) is 1.44. The van der Waals surface area contributed by atoms with Crippen LogP contribution in [0.2, 0.25) is 0 Å². The van der Waals surface area contributed by atoms with E-state index in [1.807, 2.05) is 0 Å². The van der Waals surface area contributed by atoms with Crippen LogP contribution >= 0.6 is 0 Å². The normalized spacial score (nSPS) is 15.1. The molecule has 1 heterocycles. The molecular weight excluding hydrogens is 296 g/mol. The van der Waals surface area contributed by atoms with Crippen LogP contribution in [0.5, 0.6) is 5.75 Å². The summed E-state index contributed by atoms with van der Waals surface area (Å²) in [5, 5.41) is 19.0. The number of hydrogen-bond donors (Lipinski definition) is 2. The van der Waals surface area contributed by atoms with Crippen molar-refractivity contribution in [2.45, 2.75) is 0 Å². The highest BCUT2D eigenvalue weighted by atomic mass is 16.3. The highest BCUT2D eigenvalue weighted by Crippen LogP contribution is 2.28. The van der Waals surface area contributed by atoms with Crippen LogP contribution < -0.4 is 4.90 Å². The summed E-state index contributed by atoms with van der Waals surface area (Å²) in [6.45, 7) is -0.714. The first-order valence-corrected chi connectivity index (χ1v) is 7.01. The van der Waals surface area contributed by atoms with Crippen molar-refractivity contribution in [1.29, 1.82) is 0 Å². The van der Waals surface area contributed by atoms with Crippen LogP contribution in [-0.4, -0.2) is 40.9 Å². The van der Waals surface area contributed by atoms with E-state index in [2.05, 4.69) is 4.99 Å². The number of Topliss-reactive ketones (excluding diaryl/α,β-unsaturated/α-hetero) is 1. The van der Waals surface area contributed by atoms with Crippen molar-refractivity contribution in [1.82, 2.24) is 0 Å². The van der Waals surface area contributed by atoms with E-state index in [1.54, 1.807) is 36.4 Å². The van der Waals surface area contributed by atoms with Crippen LogP contribution in [-0.2, 0) is 4.79 Å². The zero-order chi connectivity index (χ0) is 16.4. The molecule has 3 rings (SSSR count). The summed E-state index contributed by atoms with van der Waals surface area (Å²) in [4.78, 5) is 29.7. The zero-order valence-corrected chi connectivity index (χ0v) is 12.1. The molecular formula is C17H14N2O4. The van der Waals surface area contributed by atoms with E-state index in [1.165, 1.54) is 17.0 Å². The second-order valence-electron chi connectivity index (χ2n) is 5.00. The van der Waals surface area contributed by atoms with Gasteiger partial charge >= 0.3 is 0 Å². The second kappa shape index (κ2) is 6.02. The lowest BCUT2D eigenvalue weighted by Gasteiger charge is -2.11. The molecule has 2 N–H and O–H groups in total. The van der Waals surface area contributed by atoms with Gasteiger partial charge in [0.15, 0.2) is 5.78 Å². The molecule has 0 aliphatic carbocycles. The Hall–Kier alpha value is -2.99. The number of phenols is 1. The Kier molecular flexibility index (Phi) is 3.91. The van der Waals surface area contributed by atoms with E-state index >= 15 is 0 Å². The molecule has 0 saturated carbocycles. The van der Waals surface area contributed by atoms with Gasteiger partial charge in [-0.1, -0.05) is 30.3 Å². The number of rotatable bonds is 4. The number of ketones is 1. The molecule has 0 aromatic heterocycles. The lowest BCUT2D eigenvalue weighted by atomic mass is 10.1. The average molecular weight is 310 g/mol. The molecule has 0 bridgehead atoms. The fraction of sp³-hybridized carbons (Fsp3) is 0.118. The van der Waals surface area contributed by atoms with Gasteiger partial charge in [0.05, 0.1) is 11.3 Å². The number of aromatic hydroxyl groups is 1. The number of carbonyl (C=O) groups is 2. The van der Waals surface area contributed by atoms with Crippen molar-refractivity contribution in [2.75, 3.05) is 18.2 Å². The minimum Gasteiger partial charge on any atom is -0.507 e. The molecule has 0 radical (unpaired) electrons. The second-order valence-corrected chi connectivity index (χ2v) is 5.00. The molecule has 6 heteroatoms. The predicted octanol–water partition coefficient (Wildman–Crippen LogP) is 1.36. The van der Waals surface area contributed by atoms with E-state index in [9.17, 15) is 19.8 Å². The maximum atomic E-state index is 12.3. The van der Waals surface area contributed by atoms with Crippen LogP contribution in [0, 0.1) is 0 Å². The number of aliphatic imine (C=N–C) groups is 1. The number of aliphatic hydroxyl groups is 1. The number of anilines is 1. The third-order valence-electron chi connectivity index (χ3n) is 3.62. The zero-order valence-electron chi connectivity index (χ0n) is 12.1. The number of para-hydroxylation sites is 2. The van der Waals surface area contributed by atoms with Crippen molar-refractivity contribution < 1.29 is 19.8 Å². The average Bonchev–Trinajstić information content (AvgIpc) is 2.84. The third-order valence-corrected chi connectivity index (χ3v) is 3.62. The Balaban J connectivity index is 1.90. The van der Waals surface area contributed by atoms with Crippen molar-refractivity contribution in [2.24, 2.45) is 4.99 Å². The molecule has 1 aliphatic rings. The molecule has 0 fully saturated rings. The van der Waals surface area contributed by atoms with Crippen LogP contribution in [0.15, 0.2) is 53.5 Å². The van der Waals surface area contributed by atoms with Gasteiger partial charge in [0, 0.05) is 5.56 Å². The number of aliphatic hydroxyl groups excluding tert-OH is 1. The summed E-state index contributed by atoms with van der Waals surface area (Å²) in [6, 6.07) is 13.1. The van der Waals surface area contributed by atoms with Crippen LogP contribution in [0.1, 0.15) is 15.9 Å². The maximum Gasteiger partial charge on any atom is 0.279 e. The summed E-state index contributed by atoms with van der Waals surface area (Å²) in [5.74, 6) is -0.949. The number of benzene rings is 2. The van der Waals surface area contributed by atoms with Gasteiger partial charge < -0.3 is 10.2 Å². The lowest BCUT2D eigenvalue weighted by molar-refractivity contribution is -0.112. The Morgan fingerprint density at radius 2 is 1.78 bits per heavy atom. The van der Waals surface area contributed by atoms with Crippen molar-refractivity contribution >= 4 is 23.1 Å². The number of phenolic OH excluding ortho intramolecular Hbond substituents is 1. The number of hydrogen-bond acceptors (Lipinski definition) is 5. The fourth-order valence-electron chi connectivity index (χ4n) is 2.50.